The first-order valence-electron chi connectivity index (χ1n) is 12.6. The van der Waals surface area contributed by atoms with Crippen LogP contribution in [0.3, 0.4) is 0 Å². The van der Waals surface area contributed by atoms with E-state index in [0.717, 1.165) is 0 Å². The fourth-order valence-corrected chi connectivity index (χ4v) is 3.81. The molecule has 0 amide bonds. The Morgan fingerprint density at radius 1 is 0.333 bits per heavy atom. The number of benzene rings is 4. The van der Waals surface area contributed by atoms with Crippen molar-refractivity contribution in [2.24, 2.45) is 20.6 Å². The van der Waals surface area contributed by atoms with Crippen molar-refractivity contribution in [1.82, 2.24) is 0 Å². The number of hydrogen-bond donors (Lipinski definition) is 0. The molecule has 4 aromatic carbocycles. The Kier molecular flexibility index (Phi) is 8.32. The van der Waals surface area contributed by atoms with Crippen molar-refractivity contribution in [1.29, 1.82) is 0 Å². The molecular formula is C28H20B2F4N4O4-2. The van der Waals surface area contributed by atoms with Crippen LogP contribution in [-0.4, -0.2) is 37.1 Å². The summed E-state index contributed by atoms with van der Waals surface area (Å²) < 4.78 is 78.6. The molecule has 0 saturated heterocycles. The van der Waals surface area contributed by atoms with Gasteiger partial charge in [-0.1, -0.05) is 121 Å². The minimum Gasteiger partial charge on any atom is -0.519 e. The molecule has 4 aromatic rings. The van der Waals surface area contributed by atoms with E-state index in [1.165, 1.54) is 48.5 Å². The van der Waals surface area contributed by atoms with Crippen LogP contribution >= 0.6 is 0 Å². The van der Waals surface area contributed by atoms with Crippen LogP contribution in [-0.2, 0) is 19.0 Å². The summed E-state index contributed by atoms with van der Waals surface area (Å²) in [5.41, 5.74) is -0.580. The lowest BCUT2D eigenvalue weighted by Crippen LogP contribution is -2.34. The normalized spacial score (nSPS) is 21.8. The van der Waals surface area contributed by atoms with Crippen molar-refractivity contribution in [2.45, 2.75) is 0 Å². The molecule has 5 rings (SSSR count). The Labute approximate surface area is 237 Å². The zero-order chi connectivity index (χ0) is 29.4. The molecule has 1 aliphatic heterocycles. The van der Waals surface area contributed by atoms with Crippen molar-refractivity contribution in [3.8, 4) is 0 Å². The summed E-state index contributed by atoms with van der Waals surface area (Å²) in [6, 6.07) is 31.3. The molecule has 0 aliphatic carbocycles. The lowest BCUT2D eigenvalue weighted by Gasteiger charge is -2.25. The van der Waals surface area contributed by atoms with Crippen molar-refractivity contribution in [3.63, 3.8) is 0 Å². The Balaban J connectivity index is 1.68. The van der Waals surface area contributed by atoms with Gasteiger partial charge in [-0.2, -0.15) is 0 Å². The third kappa shape index (κ3) is 7.02. The highest BCUT2D eigenvalue weighted by Crippen LogP contribution is 2.21. The van der Waals surface area contributed by atoms with E-state index in [2.05, 4.69) is 39.6 Å². The average molecular weight is 574 g/mol. The second-order valence-corrected chi connectivity index (χ2v) is 8.72. The topological polar surface area (TPSA) is 86.4 Å². The smallest absolute Gasteiger partial charge is 0.519 e. The van der Waals surface area contributed by atoms with Crippen molar-refractivity contribution < 1.29 is 36.3 Å². The maximum atomic E-state index is 15.1. The molecule has 0 radical (unpaired) electrons. The van der Waals surface area contributed by atoms with Gasteiger partial charge in [0.05, 0.1) is 0 Å². The van der Waals surface area contributed by atoms with Gasteiger partial charge in [-0.3, -0.25) is 0 Å². The van der Waals surface area contributed by atoms with Crippen LogP contribution in [0.1, 0.15) is 22.3 Å². The predicted molar refractivity (Wildman–Crippen MR) is 152 cm³/mol. The molecule has 0 atom stereocenters. The minimum absolute atomic E-state index is 0.206. The standard InChI is InChI=1S/C28H20B2F4N4O4/c31-29(32)39-35-25(21-13-5-1-6-14-21)26(22-15-7-2-8-16-22)36-40-30(33,34)42-38-28(24-19-11-4-12-20-24)27(37-41-29)23-17-9-3-10-18-23/h1-20H/q-2/b35-25-,36-26+,37-27+,38-28-. The molecular weight excluding hydrogens is 554 g/mol. The summed E-state index contributed by atoms with van der Waals surface area (Å²) in [6.07, 6.45) is 0. The van der Waals surface area contributed by atoms with Gasteiger partial charge in [0.1, 0.15) is 22.8 Å². The summed E-state index contributed by atoms with van der Waals surface area (Å²) in [7, 11) is -10.4. The van der Waals surface area contributed by atoms with Crippen LogP contribution in [0.2, 0.25) is 0 Å². The number of rotatable bonds is 4. The van der Waals surface area contributed by atoms with E-state index < -0.39 is 14.2 Å². The number of nitrogens with zero attached hydrogens (tertiary/aromatic N) is 4. The van der Waals surface area contributed by atoms with Crippen LogP contribution in [0.25, 0.3) is 0 Å². The summed E-state index contributed by atoms with van der Waals surface area (Å²) in [4.78, 5) is 0. The molecule has 0 saturated carbocycles. The lowest BCUT2D eigenvalue weighted by molar-refractivity contribution is 0.0903. The van der Waals surface area contributed by atoms with Crippen molar-refractivity contribution in [3.05, 3.63) is 144 Å². The second kappa shape index (κ2) is 12.4. The molecule has 0 unspecified atom stereocenters. The zero-order valence-electron chi connectivity index (χ0n) is 21.6. The van der Waals surface area contributed by atoms with E-state index in [9.17, 15) is 0 Å². The molecule has 42 heavy (non-hydrogen) atoms. The van der Waals surface area contributed by atoms with Crippen LogP contribution in [0.5, 0.6) is 0 Å². The van der Waals surface area contributed by atoms with Gasteiger partial charge in [0.25, 0.3) is 0 Å². The fourth-order valence-electron chi connectivity index (χ4n) is 3.81. The summed E-state index contributed by atoms with van der Waals surface area (Å²) in [5.74, 6) is 0. The first-order valence-corrected chi connectivity index (χ1v) is 12.6. The van der Waals surface area contributed by atoms with Gasteiger partial charge in [-0.25, -0.2) is 0 Å². The highest BCUT2D eigenvalue weighted by atomic mass is 19.3. The van der Waals surface area contributed by atoms with E-state index in [-0.39, 0.29) is 45.1 Å². The summed E-state index contributed by atoms with van der Waals surface area (Å²) >= 11 is 0. The van der Waals surface area contributed by atoms with Gasteiger partial charge >= 0.3 is 14.2 Å². The molecule has 8 nitrogen and oxygen atoms in total. The second-order valence-electron chi connectivity index (χ2n) is 8.72. The van der Waals surface area contributed by atoms with Gasteiger partial charge in [-0.15, -0.1) is 20.6 Å². The van der Waals surface area contributed by atoms with Crippen LogP contribution in [0.15, 0.2) is 142 Å². The summed E-state index contributed by atoms with van der Waals surface area (Å²) in [6.45, 7) is 0. The van der Waals surface area contributed by atoms with E-state index >= 15 is 17.3 Å². The number of hydrogen-bond acceptors (Lipinski definition) is 8. The fraction of sp³-hybridized carbons (Fsp3) is 0. The molecule has 1 aliphatic rings. The molecule has 14 heteroatoms. The molecule has 0 aromatic heterocycles. The predicted octanol–water partition coefficient (Wildman–Crippen LogP) is 6.43. The monoisotopic (exact) mass is 574 g/mol. The first-order chi connectivity index (χ1) is 20.3. The van der Waals surface area contributed by atoms with Gasteiger partial charge < -0.3 is 36.3 Å². The molecule has 0 bridgehead atoms. The first kappa shape index (κ1) is 28.1. The Morgan fingerprint density at radius 2 is 0.524 bits per heavy atom. The molecule has 0 spiro atoms. The van der Waals surface area contributed by atoms with Gasteiger partial charge in [0.2, 0.25) is 0 Å². The van der Waals surface area contributed by atoms with Gasteiger partial charge in [0.15, 0.2) is 0 Å². The maximum Gasteiger partial charge on any atom is 0.766 e. The van der Waals surface area contributed by atoms with Gasteiger partial charge in [0, 0.05) is 22.3 Å². The van der Waals surface area contributed by atoms with Crippen molar-refractivity contribution >= 4 is 37.1 Å². The van der Waals surface area contributed by atoms with Crippen LogP contribution < -0.4 is 0 Å². The quantitative estimate of drug-likeness (QED) is 0.208. The largest absolute Gasteiger partial charge is 0.766 e. The average Bonchev–Trinajstić information content (AvgIpc) is 3.01. The Morgan fingerprint density at radius 3 is 0.714 bits per heavy atom. The SMILES string of the molecule is F[B-]1(F)O/N=C(c2ccccc2)\C(c2ccccc2)=N\O[B-](F)(F)O/N=C(c2ccccc2)\C(c2ccccc2)=N\O1. The highest BCUT2D eigenvalue weighted by molar-refractivity contribution is 6.57. The Bertz CT molecular complexity index is 1390. The van der Waals surface area contributed by atoms with E-state index in [0.29, 0.717) is 0 Å². The molecule has 0 N–H and O–H groups in total. The minimum atomic E-state index is -5.20. The summed E-state index contributed by atoms with van der Waals surface area (Å²) in [5, 5.41) is 14.4. The third-order valence-corrected chi connectivity index (χ3v) is 5.70. The van der Waals surface area contributed by atoms with E-state index in [4.69, 9.17) is 0 Å². The lowest BCUT2D eigenvalue weighted by atomic mass is 10.00. The third-order valence-electron chi connectivity index (χ3n) is 5.70. The van der Waals surface area contributed by atoms with E-state index in [1.807, 2.05) is 0 Å². The highest BCUT2D eigenvalue weighted by Gasteiger charge is 2.38. The Hall–Kier alpha value is -5.39. The van der Waals surface area contributed by atoms with E-state index in [1.54, 1.807) is 72.8 Å². The van der Waals surface area contributed by atoms with Crippen LogP contribution in [0.4, 0.5) is 17.3 Å². The van der Waals surface area contributed by atoms with Crippen molar-refractivity contribution in [2.75, 3.05) is 0 Å². The number of halogens is 4. The molecule has 1 heterocycles. The zero-order valence-corrected chi connectivity index (χ0v) is 21.6. The van der Waals surface area contributed by atoms with Crippen LogP contribution in [0, 0.1) is 0 Å². The molecule has 0 fully saturated rings. The number of oxime groups is 4. The molecule has 212 valence electrons. The maximum absolute atomic E-state index is 15.1. The van der Waals surface area contributed by atoms with Gasteiger partial charge in [-0.05, 0) is 0 Å².